The van der Waals surface area contributed by atoms with Crippen LogP contribution in [0.15, 0.2) is 103 Å². The Morgan fingerprint density at radius 1 is 0.868 bits per heavy atom. The van der Waals surface area contributed by atoms with Gasteiger partial charge in [-0.05, 0) is 87.3 Å². The zero-order chi connectivity index (χ0) is 26.6. The molecule has 1 aromatic heterocycles. The van der Waals surface area contributed by atoms with Gasteiger partial charge in [-0.3, -0.25) is 4.98 Å². The van der Waals surface area contributed by atoms with Gasteiger partial charge >= 0.3 is 0 Å². The average molecular weight is 522 g/mol. The molecule has 190 valence electrons. The van der Waals surface area contributed by atoms with Crippen molar-refractivity contribution in [3.8, 4) is 11.1 Å². The number of rotatable bonds is 7. The average Bonchev–Trinajstić information content (AvgIpc) is 2.92. The van der Waals surface area contributed by atoms with Crippen LogP contribution in [0.3, 0.4) is 0 Å². The molecular formula is C33H28FNO2S. The van der Waals surface area contributed by atoms with E-state index in [2.05, 4.69) is 55.2 Å². The molecular weight excluding hydrogens is 493 g/mol. The lowest BCUT2D eigenvalue weighted by Gasteiger charge is -2.13. The highest BCUT2D eigenvalue weighted by molar-refractivity contribution is 7.71. The highest BCUT2D eigenvalue weighted by Gasteiger charge is 2.11. The zero-order valence-electron chi connectivity index (χ0n) is 21.3. The molecule has 0 aliphatic carbocycles. The molecule has 0 saturated carbocycles. The van der Waals surface area contributed by atoms with E-state index in [1.807, 2.05) is 48.7 Å². The maximum absolute atomic E-state index is 13.7. The monoisotopic (exact) mass is 521 g/mol. The van der Waals surface area contributed by atoms with E-state index < -0.39 is 10.7 Å². The second kappa shape index (κ2) is 11.1. The topological polar surface area (TPSA) is 47.0 Å². The molecule has 0 radical (unpaired) electrons. The van der Waals surface area contributed by atoms with Gasteiger partial charge in [0.05, 0.1) is 11.3 Å². The van der Waals surface area contributed by atoms with Gasteiger partial charge in [-0.25, -0.2) is 12.8 Å². The first-order chi connectivity index (χ1) is 18.4. The number of fused-ring (bicyclic) bond motifs is 1. The minimum atomic E-state index is -2.50. The van der Waals surface area contributed by atoms with E-state index in [0.29, 0.717) is 5.92 Å². The number of thiol groups is 1. The molecule has 0 spiro atoms. The van der Waals surface area contributed by atoms with Crippen LogP contribution in [-0.2, 0) is 16.5 Å². The van der Waals surface area contributed by atoms with Crippen LogP contribution in [0.25, 0.3) is 33.7 Å². The van der Waals surface area contributed by atoms with Crippen molar-refractivity contribution in [2.45, 2.75) is 25.5 Å². The van der Waals surface area contributed by atoms with Crippen LogP contribution in [-0.4, -0.2) is 13.4 Å². The lowest BCUT2D eigenvalue weighted by molar-refractivity contribution is 0.614. The summed E-state index contributed by atoms with van der Waals surface area (Å²) in [6, 6.07) is 30.7. The standard InChI is InChI=1S/C33H28FNO2S/c1-22(2)29-19-28-7-4-16-35-33(28)32(20-29)27-6-3-5-24(17-27)18-31(26-12-14-30(34)15-13-26)25-10-8-23(9-11-25)21-38(36)37/h3-20,22,38H,21H2,1-2H3/b31-18+. The summed E-state index contributed by atoms with van der Waals surface area (Å²) in [5.41, 5.74) is 8.80. The van der Waals surface area contributed by atoms with Gasteiger partial charge < -0.3 is 0 Å². The number of aromatic nitrogens is 1. The predicted octanol–water partition coefficient (Wildman–Crippen LogP) is 7.86. The minimum absolute atomic E-state index is 0.00465. The van der Waals surface area contributed by atoms with Crippen molar-refractivity contribution in [3.05, 3.63) is 137 Å². The Morgan fingerprint density at radius 2 is 1.58 bits per heavy atom. The molecule has 0 atom stereocenters. The Balaban J connectivity index is 1.63. The van der Waals surface area contributed by atoms with E-state index in [9.17, 15) is 12.8 Å². The molecule has 0 fully saturated rings. The summed E-state index contributed by atoms with van der Waals surface area (Å²) >= 11 is 0. The molecule has 0 N–H and O–H groups in total. The summed E-state index contributed by atoms with van der Waals surface area (Å²) in [7, 11) is -2.50. The van der Waals surface area contributed by atoms with Gasteiger partial charge in [-0.2, -0.15) is 0 Å². The van der Waals surface area contributed by atoms with Crippen LogP contribution < -0.4 is 0 Å². The lowest BCUT2D eigenvalue weighted by Crippen LogP contribution is -1.93. The fourth-order valence-electron chi connectivity index (χ4n) is 4.63. The molecule has 0 amide bonds. The number of halogens is 1. The molecule has 5 rings (SSSR count). The van der Waals surface area contributed by atoms with E-state index in [4.69, 9.17) is 0 Å². The molecule has 3 nitrogen and oxygen atoms in total. The molecule has 4 aromatic carbocycles. The summed E-state index contributed by atoms with van der Waals surface area (Å²) in [5, 5.41) is 1.11. The maximum atomic E-state index is 13.7. The maximum Gasteiger partial charge on any atom is 0.144 e. The molecule has 5 aromatic rings. The molecule has 0 aliphatic heterocycles. The van der Waals surface area contributed by atoms with Crippen molar-refractivity contribution in [1.82, 2.24) is 4.98 Å². The summed E-state index contributed by atoms with van der Waals surface area (Å²) in [5.74, 6) is 0.0911. The fraction of sp³-hybridized carbons (Fsp3) is 0.121. The Hall–Kier alpha value is -4.09. The first kappa shape index (κ1) is 25.6. The summed E-state index contributed by atoms with van der Waals surface area (Å²) < 4.78 is 36.0. The molecule has 0 saturated heterocycles. The Bertz CT molecular complexity index is 1690. The molecule has 0 bridgehead atoms. The minimum Gasteiger partial charge on any atom is -0.256 e. The molecule has 0 aliphatic rings. The number of benzene rings is 4. The third-order valence-corrected chi connectivity index (χ3v) is 7.26. The molecule has 5 heteroatoms. The van der Waals surface area contributed by atoms with Crippen molar-refractivity contribution in [2.75, 3.05) is 0 Å². The van der Waals surface area contributed by atoms with E-state index in [1.54, 1.807) is 12.1 Å². The molecule has 38 heavy (non-hydrogen) atoms. The number of hydrogen-bond acceptors (Lipinski definition) is 3. The van der Waals surface area contributed by atoms with Crippen molar-refractivity contribution >= 4 is 33.3 Å². The van der Waals surface area contributed by atoms with E-state index >= 15 is 0 Å². The van der Waals surface area contributed by atoms with Gasteiger partial charge in [0.15, 0.2) is 0 Å². The first-order valence-electron chi connectivity index (χ1n) is 12.6. The van der Waals surface area contributed by atoms with Gasteiger partial charge in [0, 0.05) is 17.1 Å². The third-order valence-electron chi connectivity index (χ3n) is 6.63. The van der Waals surface area contributed by atoms with E-state index in [-0.39, 0.29) is 11.6 Å². The van der Waals surface area contributed by atoms with Gasteiger partial charge in [0.25, 0.3) is 0 Å². The van der Waals surface area contributed by atoms with Crippen molar-refractivity contribution in [1.29, 1.82) is 0 Å². The number of nitrogens with zero attached hydrogens (tertiary/aromatic N) is 1. The van der Waals surface area contributed by atoms with Crippen molar-refractivity contribution < 1.29 is 12.8 Å². The second-order valence-corrected chi connectivity index (χ2v) is 10.7. The summed E-state index contributed by atoms with van der Waals surface area (Å²) in [4.78, 5) is 4.69. The summed E-state index contributed by atoms with van der Waals surface area (Å²) in [6.45, 7) is 4.38. The SMILES string of the molecule is CC(C)c1cc(-c2cccc(/C=C(/c3ccc(F)cc3)c3ccc(C[SH](=O)=O)cc3)c2)c2ncccc2c1. The molecule has 1 heterocycles. The highest BCUT2D eigenvalue weighted by Crippen LogP contribution is 2.33. The van der Waals surface area contributed by atoms with Crippen LogP contribution in [0.1, 0.15) is 47.6 Å². The van der Waals surface area contributed by atoms with Crippen LogP contribution in [0, 0.1) is 5.82 Å². The highest BCUT2D eigenvalue weighted by atomic mass is 32.2. The zero-order valence-corrected chi connectivity index (χ0v) is 22.2. The first-order valence-corrected chi connectivity index (χ1v) is 13.9. The largest absolute Gasteiger partial charge is 0.256 e. The third kappa shape index (κ3) is 5.74. The predicted molar refractivity (Wildman–Crippen MR) is 155 cm³/mol. The fourth-order valence-corrected chi connectivity index (χ4v) is 5.14. The van der Waals surface area contributed by atoms with Gasteiger partial charge in [-0.15, -0.1) is 0 Å². The normalized spacial score (nSPS) is 12.0. The van der Waals surface area contributed by atoms with Gasteiger partial charge in [0.2, 0.25) is 0 Å². The smallest absolute Gasteiger partial charge is 0.144 e. The lowest BCUT2D eigenvalue weighted by atomic mass is 9.92. The van der Waals surface area contributed by atoms with E-state index in [0.717, 1.165) is 49.9 Å². The van der Waals surface area contributed by atoms with Gasteiger partial charge in [0.1, 0.15) is 16.5 Å². The molecule has 0 unspecified atom stereocenters. The van der Waals surface area contributed by atoms with Crippen molar-refractivity contribution in [2.24, 2.45) is 0 Å². The Labute approximate surface area is 224 Å². The Kier molecular flexibility index (Phi) is 7.47. The van der Waals surface area contributed by atoms with Crippen LogP contribution >= 0.6 is 0 Å². The summed E-state index contributed by atoms with van der Waals surface area (Å²) in [6.07, 6.45) is 3.91. The van der Waals surface area contributed by atoms with Crippen LogP contribution in [0.5, 0.6) is 0 Å². The number of pyridine rings is 1. The van der Waals surface area contributed by atoms with Gasteiger partial charge in [-0.1, -0.05) is 74.5 Å². The number of hydrogen-bond donors (Lipinski definition) is 1. The second-order valence-electron chi connectivity index (χ2n) is 9.68. The quantitative estimate of drug-likeness (QED) is 0.175. The van der Waals surface area contributed by atoms with E-state index in [1.165, 1.54) is 17.7 Å². The van der Waals surface area contributed by atoms with Crippen LogP contribution in [0.2, 0.25) is 0 Å². The van der Waals surface area contributed by atoms with Crippen molar-refractivity contribution in [3.63, 3.8) is 0 Å². The van der Waals surface area contributed by atoms with Crippen LogP contribution in [0.4, 0.5) is 4.39 Å². The Morgan fingerprint density at radius 3 is 2.26 bits per heavy atom.